The van der Waals surface area contributed by atoms with Crippen molar-refractivity contribution in [2.45, 2.75) is 26.4 Å². The molecule has 0 aliphatic heterocycles. The molecule has 7 nitrogen and oxygen atoms in total. The van der Waals surface area contributed by atoms with Crippen LogP contribution in [0.1, 0.15) is 17.5 Å². The van der Waals surface area contributed by atoms with Gasteiger partial charge in [-0.05, 0) is 24.6 Å². The average Bonchev–Trinajstić information content (AvgIpc) is 3.17. The van der Waals surface area contributed by atoms with Crippen molar-refractivity contribution in [1.29, 1.82) is 0 Å². The van der Waals surface area contributed by atoms with E-state index >= 15 is 0 Å². The van der Waals surface area contributed by atoms with Crippen LogP contribution >= 0.6 is 11.6 Å². The number of aromatic nitrogens is 3. The summed E-state index contributed by atoms with van der Waals surface area (Å²) >= 11 is 5.94. The molecule has 0 saturated heterocycles. The first-order valence-electron chi connectivity index (χ1n) is 9.44. The number of nitrogens with one attached hydrogen (secondary N) is 1. The van der Waals surface area contributed by atoms with Gasteiger partial charge in [-0.1, -0.05) is 58.7 Å². The third-order valence-corrected chi connectivity index (χ3v) is 4.97. The van der Waals surface area contributed by atoms with Crippen molar-refractivity contribution in [1.82, 2.24) is 20.0 Å². The van der Waals surface area contributed by atoms with Gasteiger partial charge in [0.2, 0.25) is 5.91 Å². The Morgan fingerprint density at radius 2 is 2.00 bits per heavy atom. The highest BCUT2D eigenvalue weighted by molar-refractivity contribution is 6.30. The number of hydrogen-bond donors (Lipinski definition) is 1. The largest absolute Gasteiger partial charge is 0.352 e. The molecule has 0 saturated carbocycles. The number of hydrogen-bond acceptors (Lipinski definition) is 5. The Morgan fingerprint density at radius 3 is 2.77 bits per heavy atom. The molecule has 2 aromatic carbocycles. The summed E-state index contributed by atoms with van der Waals surface area (Å²) in [5.41, 5.74) is 3.49. The number of carbonyl (C=O) groups excluding carboxylic acids is 1. The summed E-state index contributed by atoms with van der Waals surface area (Å²) in [6.07, 6.45) is 1.55. The Hall–Kier alpha value is -3.45. The SMILES string of the molecule is Cc1ccc(-c2noc3c(=O)n(CCC(=O)NCc4cccc(Cl)c4)cnc23)cc1. The monoisotopic (exact) mass is 422 g/mol. The van der Waals surface area contributed by atoms with Gasteiger partial charge in [-0.25, -0.2) is 4.98 Å². The van der Waals surface area contributed by atoms with E-state index in [1.165, 1.54) is 10.9 Å². The summed E-state index contributed by atoms with van der Waals surface area (Å²) in [4.78, 5) is 29.2. The quantitative estimate of drug-likeness (QED) is 0.511. The van der Waals surface area contributed by atoms with Gasteiger partial charge in [0.15, 0.2) is 0 Å². The zero-order valence-electron chi connectivity index (χ0n) is 16.3. The van der Waals surface area contributed by atoms with Crippen molar-refractivity contribution in [3.63, 3.8) is 0 Å². The van der Waals surface area contributed by atoms with E-state index in [0.717, 1.165) is 16.7 Å². The van der Waals surface area contributed by atoms with E-state index in [1.807, 2.05) is 43.3 Å². The van der Waals surface area contributed by atoms with Crippen LogP contribution in [0.25, 0.3) is 22.4 Å². The van der Waals surface area contributed by atoms with E-state index in [2.05, 4.69) is 15.5 Å². The zero-order valence-corrected chi connectivity index (χ0v) is 17.0. The third-order valence-electron chi connectivity index (χ3n) is 4.73. The summed E-state index contributed by atoms with van der Waals surface area (Å²) in [6, 6.07) is 15.0. The predicted molar refractivity (Wildman–Crippen MR) is 114 cm³/mol. The van der Waals surface area contributed by atoms with Gasteiger partial charge < -0.3 is 9.84 Å². The maximum atomic E-state index is 12.7. The Morgan fingerprint density at radius 1 is 1.20 bits per heavy atom. The molecule has 8 heteroatoms. The van der Waals surface area contributed by atoms with E-state index in [4.69, 9.17) is 16.1 Å². The number of halogens is 1. The fourth-order valence-electron chi connectivity index (χ4n) is 3.07. The molecule has 152 valence electrons. The van der Waals surface area contributed by atoms with Crippen LogP contribution in [-0.2, 0) is 17.9 Å². The number of rotatable bonds is 6. The third kappa shape index (κ3) is 4.26. The number of aryl methyl sites for hydroxylation is 2. The van der Waals surface area contributed by atoms with E-state index < -0.39 is 0 Å². The molecule has 2 aromatic heterocycles. The van der Waals surface area contributed by atoms with Crippen LogP contribution < -0.4 is 10.9 Å². The number of carbonyl (C=O) groups is 1. The highest BCUT2D eigenvalue weighted by Crippen LogP contribution is 2.24. The molecule has 0 fully saturated rings. The standard InChI is InChI=1S/C22H19ClN4O3/c1-14-5-7-16(8-6-14)19-20-21(30-26-19)22(29)27(13-25-20)10-9-18(28)24-12-15-3-2-4-17(23)11-15/h2-8,11,13H,9-10,12H2,1H3,(H,24,28). The van der Waals surface area contributed by atoms with Crippen LogP contribution in [0, 0.1) is 6.92 Å². The summed E-state index contributed by atoms with van der Waals surface area (Å²) in [5.74, 6) is -0.181. The van der Waals surface area contributed by atoms with E-state index in [9.17, 15) is 9.59 Å². The Labute approximate surface area is 177 Å². The van der Waals surface area contributed by atoms with Crippen LogP contribution in [0.15, 0.2) is 64.2 Å². The lowest BCUT2D eigenvalue weighted by Crippen LogP contribution is -2.27. The highest BCUT2D eigenvalue weighted by Gasteiger charge is 2.16. The predicted octanol–water partition coefficient (Wildman–Crippen LogP) is 3.72. The maximum absolute atomic E-state index is 12.7. The zero-order chi connectivity index (χ0) is 21.1. The van der Waals surface area contributed by atoms with Crippen LogP contribution in [0.4, 0.5) is 0 Å². The maximum Gasteiger partial charge on any atom is 0.299 e. The second kappa shape index (κ2) is 8.51. The van der Waals surface area contributed by atoms with Gasteiger partial charge in [-0.2, -0.15) is 0 Å². The normalized spacial score (nSPS) is 11.0. The van der Waals surface area contributed by atoms with Crippen LogP contribution in [-0.4, -0.2) is 20.6 Å². The smallest absolute Gasteiger partial charge is 0.299 e. The van der Waals surface area contributed by atoms with Crippen molar-refractivity contribution < 1.29 is 9.32 Å². The molecular formula is C22H19ClN4O3. The van der Waals surface area contributed by atoms with Gasteiger partial charge >= 0.3 is 0 Å². The molecule has 0 bridgehead atoms. The fourth-order valence-corrected chi connectivity index (χ4v) is 3.29. The minimum absolute atomic E-state index is 0.0763. The first kappa shape index (κ1) is 19.8. The first-order chi connectivity index (χ1) is 14.5. The summed E-state index contributed by atoms with van der Waals surface area (Å²) < 4.78 is 6.62. The van der Waals surface area contributed by atoms with Gasteiger partial charge in [0.1, 0.15) is 11.2 Å². The molecular weight excluding hydrogens is 404 g/mol. The minimum atomic E-state index is -0.367. The molecule has 0 unspecified atom stereocenters. The molecule has 1 N–H and O–H groups in total. The second-order valence-corrected chi connectivity index (χ2v) is 7.41. The van der Waals surface area contributed by atoms with Gasteiger partial charge in [0, 0.05) is 30.1 Å². The second-order valence-electron chi connectivity index (χ2n) is 6.97. The van der Waals surface area contributed by atoms with Crippen molar-refractivity contribution in [3.05, 3.63) is 81.4 Å². The van der Waals surface area contributed by atoms with Crippen LogP contribution in [0.5, 0.6) is 0 Å². The van der Waals surface area contributed by atoms with Crippen molar-refractivity contribution in [2.24, 2.45) is 0 Å². The van der Waals surface area contributed by atoms with E-state index in [0.29, 0.717) is 22.8 Å². The summed E-state index contributed by atoms with van der Waals surface area (Å²) in [6.45, 7) is 2.55. The minimum Gasteiger partial charge on any atom is -0.352 e. The lowest BCUT2D eigenvalue weighted by Gasteiger charge is -2.07. The van der Waals surface area contributed by atoms with E-state index in [-0.39, 0.29) is 30.0 Å². The molecule has 1 amide bonds. The van der Waals surface area contributed by atoms with Crippen LogP contribution in [0.3, 0.4) is 0 Å². The summed E-state index contributed by atoms with van der Waals surface area (Å²) in [7, 11) is 0. The van der Waals surface area contributed by atoms with Crippen molar-refractivity contribution >= 4 is 28.6 Å². The molecule has 0 radical (unpaired) electrons. The van der Waals surface area contributed by atoms with Gasteiger partial charge in [-0.15, -0.1) is 0 Å². The number of nitrogens with zero attached hydrogens (tertiary/aromatic N) is 3. The molecule has 4 aromatic rings. The molecule has 0 spiro atoms. The Balaban J connectivity index is 1.44. The number of benzene rings is 2. The highest BCUT2D eigenvalue weighted by atomic mass is 35.5. The molecule has 0 aliphatic rings. The Kier molecular flexibility index (Phi) is 5.63. The van der Waals surface area contributed by atoms with E-state index in [1.54, 1.807) is 12.1 Å². The first-order valence-corrected chi connectivity index (χ1v) is 9.82. The number of amides is 1. The van der Waals surface area contributed by atoms with Crippen LogP contribution in [0.2, 0.25) is 5.02 Å². The van der Waals surface area contributed by atoms with Gasteiger partial charge in [0.25, 0.3) is 11.1 Å². The average molecular weight is 423 g/mol. The lowest BCUT2D eigenvalue weighted by molar-refractivity contribution is -0.121. The summed E-state index contributed by atoms with van der Waals surface area (Å²) in [5, 5.41) is 7.45. The molecule has 4 rings (SSSR count). The molecule has 30 heavy (non-hydrogen) atoms. The number of fused-ring (bicyclic) bond motifs is 1. The van der Waals surface area contributed by atoms with Crippen molar-refractivity contribution in [3.8, 4) is 11.3 Å². The lowest BCUT2D eigenvalue weighted by atomic mass is 10.1. The fraction of sp³-hybridized carbons (Fsp3) is 0.182. The topological polar surface area (TPSA) is 90.0 Å². The molecule has 0 atom stereocenters. The van der Waals surface area contributed by atoms with Crippen molar-refractivity contribution in [2.75, 3.05) is 0 Å². The van der Waals surface area contributed by atoms with Gasteiger partial charge in [-0.3, -0.25) is 14.2 Å². The molecule has 0 aliphatic carbocycles. The van der Waals surface area contributed by atoms with Gasteiger partial charge in [0.05, 0.1) is 6.33 Å². The molecule has 2 heterocycles. The Bertz CT molecular complexity index is 1260.